The van der Waals surface area contributed by atoms with Crippen LogP contribution in [0.5, 0.6) is 11.5 Å². The Kier molecular flexibility index (Phi) is 16.2. The first-order valence-electron chi connectivity index (χ1n) is 21.9. The van der Waals surface area contributed by atoms with E-state index in [2.05, 4.69) is 77.6 Å². The number of ether oxygens (including phenoxy) is 2. The topological polar surface area (TPSA) is 226 Å². The molecule has 6 heterocycles. The predicted octanol–water partition coefficient (Wildman–Crippen LogP) is 11.4. The fourth-order valence-electron chi connectivity index (χ4n) is 7.37. The number of halogens is 2. The maximum Gasteiger partial charge on any atom is 0.323 e. The molecule has 0 saturated carbocycles. The highest BCUT2D eigenvalue weighted by Gasteiger charge is 2.13. The Labute approximate surface area is 422 Å². The van der Waals surface area contributed by atoms with Gasteiger partial charge in [-0.3, -0.25) is 9.97 Å². The SMILES string of the molecule is COc1ccc(Cl)cc1N=C=O.COc1ccc(Cl)cc1NC(=O)Nc1cccc2c1ccn2Cc1ccnc(Nc2cnccn2)c1.Nc1cccc2c1ccn2Cc1ccnc(Nc2cnccn2)c1. The maximum atomic E-state index is 12.7. The lowest BCUT2D eigenvalue weighted by Crippen LogP contribution is -2.20. The number of methoxy groups -OCH3 is 2. The smallest absolute Gasteiger partial charge is 0.323 e. The van der Waals surface area contributed by atoms with Gasteiger partial charge in [0.25, 0.3) is 0 Å². The molecule has 0 saturated heterocycles. The fourth-order valence-corrected chi connectivity index (χ4v) is 7.71. The van der Waals surface area contributed by atoms with Crippen LogP contribution in [0, 0.1) is 0 Å². The number of nitrogens with zero attached hydrogens (tertiary/aromatic N) is 9. The molecule has 6 aromatic heterocycles. The van der Waals surface area contributed by atoms with E-state index < -0.39 is 6.03 Å². The molecular weight excluding hydrogens is 956 g/mol. The molecule has 2 amide bonds. The molecule has 0 aliphatic heterocycles. The number of anilines is 7. The van der Waals surface area contributed by atoms with Crippen LogP contribution >= 0.6 is 23.2 Å². The zero-order valence-electron chi connectivity index (χ0n) is 38.6. The lowest BCUT2D eigenvalue weighted by atomic mass is 10.2. The number of hydrogen-bond donors (Lipinski definition) is 5. The van der Waals surface area contributed by atoms with Crippen LogP contribution in [0.15, 0.2) is 176 Å². The van der Waals surface area contributed by atoms with Crippen molar-refractivity contribution in [3.63, 3.8) is 0 Å². The van der Waals surface area contributed by atoms with Gasteiger partial charge in [-0.1, -0.05) is 35.3 Å². The third-order valence-electron chi connectivity index (χ3n) is 10.6. The highest BCUT2D eigenvalue weighted by atomic mass is 35.5. The Morgan fingerprint density at radius 1 is 0.611 bits per heavy atom. The molecule has 4 aromatic carbocycles. The molecule has 6 N–H and O–H groups in total. The fraction of sp³-hybridized carbons (Fsp3) is 0.0769. The summed E-state index contributed by atoms with van der Waals surface area (Å²) < 4.78 is 14.5. The minimum atomic E-state index is -0.398. The molecule has 72 heavy (non-hydrogen) atoms. The van der Waals surface area contributed by atoms with Crippen molar-refractivity contribution >= 4 is 103 Å². The third kappa shape index (κ3) is 12.8. The molecule has 0 aliphatic rings. The number of rotatable bonds is 13. The number of carbonyl (C=O) groups excluding carboxylic acids is 2. The molecule has 0 unspecified atom stereocenters. The molecule has 0 fully saturated rings. The van der Waals surface area contributed by atoms with Crippen LogP contribution in [0.1, 0.15) is 11.1 Å². The number of nitrogens with one attached hydrogen (secondary N) is 4. The first-order valence-corrected chi connectivity index (χ1v) is 22.6. The van der Waals surface area contributed by atoms with Crippen LogP contribution in [-0.4, -0.2) is 65.4 Å². The van der Waals surface area contributed by atoms with E-state index in [1.165, 1.54) is 26.4 Å². The van der Waals surface area contributed by atoms with Gasteiger partial charge in [0.1, 0.15) is 40.5 Å². The molecule has 10 aromatic rings. The highest BCUT2D eigenvalue weighted by molar-refractivity contribution is 6.31. The first kappa shape index (κ1) is 49.1. The number of urea groups is 1. The van der Waals surface area contributed by atoms with Crippen molar-refractivity contribution < 1.29 is 19.1 Å². The summed E-state index contributed by atoms with van der Waals surface area (Å²) in [6.45, 7) is 1.36. The van der Waals surface area contributed by atoms with Gasteiger partial charge in [0.2, 0.25) is 6.08 Å². The average Bonchev–Trinajstić information content (AvgIpc) is 4.00. The van der Waals surface area contributed by atoms with Gasteiger partial charge < -0.3 is 45.6 Å². The van der Waals surface area contributed by atoms with E-state index in [0.717, 1.165) is 51.0 Å². The average molecular weight is 1000 g/mol. The van der Waals surface area contributed by atoms with E-state index in [1.54, 1.807) is 79.9 Å². The second kappa shape index (κ2) is 23.8. The number of aliphatic imine (C=N–C) groups is 1. The summed E-state index contributed by atoms with van der Waals surface area (Å²) in [6, 6.07) is 33.2. The predicted molar refractivity (Wildman–Crippen MR) is 282 cm³/mol. The third-order valence-corrected chi connectivity index (χ3v) is 11.1. The number of nitrogens with two attached hydrogens (primary N) is 1. The quantitative estimate of drug-likeness (QED) is 0.0412. The lowest BCUT2D eigenvalue weighted by molar-refractivity contribution is 0.262. The summed E-state index contributed by atoms with van der Waals surface area (Å²) in [5.74, 6) is 3.73. The second-order valence-corrected chi connectivity index (χ2v) is 16.3. The summed E-state index contributed by atoms with van der Waals surface area (Å²) in [6.07, 6.45) is 18.8. The van der Waals surface area contributed by atoms with E-state index in [1.807, 2.05) is 72.9 Å². The van der Waals surface area contributed by atoms with Crippen molar-refractivity contribution in [2.24, 2.45) is 4.99 Å². The van der Waals surface area contributed by atoms with Crippen molar-refractivity contribution in [3.05, 3.63) is 192 Å². The van der Waals surface area contributed by atoms with Gasteiger partial charge >= 0.3 is 6.03 Å². The Hall–Kier alpha value is -9.35. The normalized spacial score (nSPS) is 10.4. The molecule has 18 nitrogen and oxygen atoms in total. The number of carbonyl (C=O) groups is 1. The van der Waals surface area contributed by atoms with Crippen LogP contribution in [-0.2, 0) is 17.9 Å². The summed E-state index contributed by atoms with van der Waals surface area (Å²) in [5, 5.41) is 15.0. The van der Waals surface area contributed by atoms with Crippen LogP contribution in [0.4, 0.5) is 50.8 Å². The van der Waals surface area contributed by atoms with Crippen molar-refractivity contribution in [1.82, 2.24) is 39.0 Å². The van der Waals surface area contributed by atoms with Crippen LogP contribution in [0.25, 0.3) is 21.8 Å². The first-order chi connectivity index (χ1) is 35.2. The lowest BCUT2D eigenvalue weighted by Gasteiger charge is -2.13. The largest absolute Gasteiger partial charge is 0.495 e. The minimum Gasteiger partial charge on any atom is -0.495 e. The van der Waals surface area contributed by atoms with Gasteiger partial charge in [-0.25, -0.2) is 29.5 Å². The monoisotopic (exact) mass is 998 g/mol. The summed E-state index contributed by atoms with van der Waals surface area (Å²) in [7, 11) is 3.03. The molecule has 0 aliphatic carbocycles. The van der Waals surface area contributed by atoms with Crippen LogP contribution in [0.3, 0.4) is 0 Å². The number of isocyanates is 1. The molecule has 20 heteroatoms. The Morgan fingerprint density at radius 2 is 1.15 bits per heavy atom. The Bertz CT molecular complexity index is 3500. The number of amides is 2. The standard InChI is InChI=1S/C26H22ClN7O2.C18H16N6.C8H6ClNO2/c1-36-23-6-5-18(27)14-21(23)32-26(35)31-20-3-2-4-22-19(20)8-12-34(22)16-17-7-9-29-24(13-17)33-25-15-28-10-11-30-25;19-15-2-1-3-16-14(15)5-9-24(16)12-13-4-6-21-17(10-13)23-18-11-20-7-8-22-18;1-12-8-3-2-6(9)4-7(8)10-5-11/h2-15H,16H2,1H3,(H,29,30,33)(H2,31,32,35);1-11H,12,19H2,(H,21,22,23);2-4H,1H3. The zero-order chi connectivity index (χ0) is 50.2. The number of pyridine rings is 2. The van der Waals surface area contributed by atoms with E-state index in [4.69, 9.17) is 38.4 Å². The van der Waals surface area contributed by atoms with Gasteiger partial charge in [-0.05, 0) is 108 Å². The van der Waals surface area contributed by atoms with Crippen molar-refractivity contribution in [1.29, 1.82) is 0 Å². The summed E-state index contributed by atoms with van der Waals surface area (Å²) >= 11 is 11.7. The van der Waals surface area contributed by atoms with Gasteiger partial charge in [0.15, 0.2) is 0 Å². The van der Waals surface area contributed by atoms with E-state index in [-0.39, 0.29) is 0 Å². The molecule has 360 valence electrons. The molecular formula is C52H44Cl2N14O4. The second-order valence-electron chi connectivity index (χ2n) is 15.4. The Morgan fingerprint density at radius 3 is 1.74 bits per heavy atom. The zero-order valence-corrected chi connectivity index (χ0v) is 40.1. The Balaban J connectivity index is 0.000000164. The van der Waals surface area contributed by atoms with Crippen LogP contribution in [0.2, 0.25) is 10.0 Å². The summed E-state index contributed by atoms with van der Waals surface area (Å²) in [4.78, 5) is 51.3. The van der Waals surface area contributed by atoms with Crippen molar-refractivity contribution in [2.75, 3.05) is 41.2 Å². The molecule has 0 radical (unpaired) electrons. The van der Waals surface area contributed by atoms with Crippen LogP contribution < -0.4 is 36.5 Å². The number of hydrogen-bond acceptors (Lipinski definition) is 14. The number of fused-ring (bicyclic) bond motifs is 2. The van der Waals surface area contributed by atoms with Crippen molar-refractivity contribution in [3.8, 4) is 11.5 Å². The van der Waals surface area contributed by atoms with Gasteiger partial charge in [-0.2, -0.15) is 4.99 Å². The molecule has 10 rings (SSSR count). The van der Waals surface area contributed by atoms with E-state index >= 15 is 0 Å². The number of benzene rings is 4. The maximum absolute atomic E-state index is 12.7. The van der Waals surface area contributed by atoms with E-state index in [9.17, 15) is 9.59 Å². The minimum absolute atomic E-state index is 0.389. The number of nitrogen functional groups attached to an aromatic ring is 1. The van der Waals surface area contributed by atoms with Gasteiger partial charge in [-0.15, -0.1) is 0 Å². The van der Waals surface area contributed by atoms with E-state index in [0.29, 0.717) is 62.6 Å². The molecule has 0 spiro atoms. The van der Waals surface area contributed by atoms with Gasteiger partial charge in [0.05, 0.1) is 49.0 Å². The molecule has 0 atom stereocenters. The number of aromatic nitrogens is 8. The van der Waals surface area contributed by atoms with Crippen molar-refractivity contribution in [2.45, 2.75) is 13.1 Å². The summed E-state index contributed by atoms with van der Waals surface area (Å²) in [5.41, 5.74) is 12.7. The highest BCUT2D eigenvalue weighted by Crippen LogP contribution is 2.31. The molecule has 0 bridgehead atoms. The van der Waals surface area contributed by atoms with Gasteiger partial charge in [0, 0.05) is 89.2 Å².